The quantitative estimate of drug-likeness (QED) is 0.757. The zero-order chi connectivity index (χ0) is 16.7. The van der Waals surface area contributed by atoms with Crippen molar-refractivity contribution in [1.29, 1.82) is 0 Å². The predicted molar refractivity (Wildman–Crippen MR) is 99.9 cm³/mol. The van der Waals surface area contributed by atoms with Gasteiger partial charge in [0.1, 0.15) is 11.0 Å². The highest BCUT2D eigenvalue weighted by molar-refractivity contribution is 7.83. The van der Waals surface area contributed by atoms with Gasteiger partial charge in [0.2, 0.25) is 0 Å². The highest BCUT2D eigenvalue weighted by atomic mass is 32.2. The first-order valence-electron chi connectivity index (χ1n) is 8.46. The lowest BCUT2D eigenvalue weighted by molar-refractivity contribution is 0.359. The molecule has 2 rings (SSSR count). The Kier molecular flexibility index (Phi) is 7.21. The molecule has 2 atom stereocenters. The van der Waals surface area contributed by atoms with Crippen LogP contribution in [-0.4, -0.2) is 35.2 Å². The number of benzene rings is 2. The van der Waals surface area contributed by atoms with Gasteiger partial charge in [0.25, 0.3) is 0 Å². The van der Waals surface area contributed by atoms with Crippen molar-refractivity contribution in [3.05, 3.63) is 42.5 Å². The van der Waals surface area contributed by atoms with Crippen LogP contribution in [0.4, 0.5) is 0 Å². The van der Waals surface area contributed by atoms with Crippen LogP contribution >= 0.6 is 0 Å². The van der Waals surface area contributed by atoms with Gasteiger partial charge in [-0.1, -0.05) is 50.2 Å². The van der Waals surface area contributed by atoms with Crippen molar-refractivity contribution >= 4 is 21.8 Å². The van der Waals surface area contributed by atoms with Gasteiger partial charge >= 0.3 is 0 Å². The zero-order valence-corrected chi connectivity index (χ0v) is 15.2. The molecular weight excluding hydrogens is 304 g/mol. The molecule has 0 fully saturated rings. The van der Waals surface area contributed by atoms with E-state index in [1.165, 1.54) is 0 Å². The van der Waals surface area contributed by atoms with Crippen LogP contribution in [0.1, 0.15) is 26.7 Å². The van der Waals surface area contributed by atoms with Crippen LogP contribution in [0.3, 0.4) is 0 Å². The third kappa shape index (κ3) is 4.87. The summed E-state index contributed by atoms with van der Waals surface area (Å²) in [4.78, 5) is 0.928. The van der Waals surface area contributed by atoms with Crippen molar-refractivity contribution < 1.29 is 4.21 Å². The Morgan fingerprint density at radius 2 is 1.91 bits per heavy atom. The van der Waals surface area contributed by atoms with Crippen LogP contribution < -0.4 is 5.32 Å². The van der Waals surface area contributed by atoms with Crippen LogP contribution in [0.25, 0.3) is 10.8 Å². The lowest BCUT2D eigenvalue weighted by Crippen LogP contribution is -2.32. The summed E-state index contributed by atoms with van der Waals surface area (Å²) < 4.78 is 15.3. The molecule has 0 spiro atoms. The van der Waals surface area contributed by atoms with Crippen molar-refractivity contribution in [2.24, 2.45) is 5.92 Å². The lowest BCUT2D eigenvalue weighted by atomic mass is 10.1. The molecular formula is C19H28N2OS. The Morgan fingerprint density at radius 3 is 2.65 bits per heavy atom. The standard InChI is InChI=1S/C19H28N2OS/c1-4-14-21(15-16(2)12-13-20-3)23(22)19-11-7-9-17-8-5-6-10-18(17)19/h5-11,16,20H,4,12-15H2,1-3H3. The van der Waals surface area contributed by atoms with E-state index >= 15 is 0 Å². The fraction of sp³-hybridized carbons (Fsp3) is 0.474. The monoisotopic (exact) mass is 332 g/mol. The van der Waals surface area contributed by atoms with E-state index in [4.69, 9.17) is 0 Å². The SMILES string of the molecule is CCCN(CC(C)CCNC)S(=O)c1cccc2ccccc12. The fourth-order valence-electron chi connectivity index (χ4n) is 2.81. The Morgan fingerprint density at radius 1 is 1.17 bits per heavy atom. The van der Waals surface area contributed by atoms with E-state index in [1.807, 2.05) is 31.3 Å². The summed E-state index contributed by atoms with van der Waals surface area (Å²) in [5.74, 6) is 0.521. The molecule has 3 nitrogen and oxygen atoms in total. The summed E-state index contributed by atoms with van der Waals surface area (Å²) in [7, 11) is 0.868. The van der Waals surface area contributed by atoms with Gasteiger partial charge in [0.15, 0.2) is 0 Å². The number of hydrogen-bond acceptors (Lipinski definition) is 2. The van der Waals surface area contributed by atoms with E-state index < -0.39 is 11.0 Å². The van der Waals surface area contributed by atoms with Crippen molar-refractivity contribution in [2.45, 2.75) is 31.6 Å². The van der Waals surface area contributed by atoms with Crippen LogP contribution in [-0.2, 0) is 11.0 Å². The van der Waals surface area contributed by atoms with Crippen LogP contribution in [0.15, 0.2) is 47.4 Å². The Bertz CT molecular complexity index is 639. The van der Waals surface area contributed by atoms with E-state index in [0.29, 0.717) is 5.92 Å². The number of nitrogens with zero attached hydrogens (tertiary/aromatic N) is 1. The fourth-order valence-corrected chi connectivity index (χ4v) is 4.39. The molecule has 0 aliphatic rings. The molecule has 0 heterocycles. The molecule has 2 unspecified atom stereocenters. The number of fused-ring (bicyclic) bond motifs is 1. The second kappa shape index (κ2) is 9.16. The number of rotatable bonds is 9. The van der Waals surface area contributed by atoms with Crippen molar-refractivity contribution in [1.82, 2.24) is 9.62 Å². The molecule has 0 aromatic heterocycles. The summed E-state index contributed by atoms with van der Waals surface area (Å²) in [5, 5.41) is 5.44. The van der Waals surface area contributed by atoms with Crippen molar-refractivity contribution in [2.75, 3.05) is 26.7 Å². The maximum atomic E-state index is 13.2. The number of nitrogens with one attached hydrogen (secondary N) is 1. The minimum absolute atomic E-state index is 0.521. The van der Waals surface area contributed by atoms with Gasteiger partial charge in [0, 0.05) is 13.1 Å². The van der Waals surface area contributed by atoms with Crippen molar-refractivity contribution in [3.8, 4) is 0 Å². The largest absolute Gasteiger partial charge is 0.320 e. The highest BCUT2D eigenvalue weighted by Crippen LogP contribution is 2.24. The third-order valence-corrected chi connectivity index (χ3v) is 5.58. The Balaban J connectivity index is 2.22. The molecule has 23 heavy (non-hydrogen) atoms. The topological polar surface area (TPSA) is 32.3 Å². The molecule has 0 saturated heterocycles. The number of hydrogen-bond donors (Lipinski definition) is 1. The van der Waals surface area contributed by atoms with Gasteiger partial charge in [-0.3, -0.25) is 0 Å². The maximum Gasteiger partial charge on any atom is 0.128 e. The van der Waals surface area contributed by atoms with Gasteiger partial charge < -0.3 is 5.32 Å². The molecule has 0 saturated carbocycles. The van der Waals surface area contributed by atoms with Crippen LogP contribution in [0.2, 0.25) is 0 Å². The van der Waals surface area contributed by atoms with E-state index in [1.54, 1.807) is 0 Å². The van der Waals surface area contributed by atoms with Crippen molar-refractivity contribution in [3.63, 3.8) is 0 Å². The second-order valence-corrected chi connectivity index (χ2v) is 7.57. The maximum absolute atomic E-state index is 13.2. The lowest BCUT2D eigenvalue weighted by Gasteiger charge is -2.24. The summed E-state index contributed by atoms with van der Waals surface area (Å²) in [6.07, 6.45) is 2.11. The van der Waals surface area contributed by atoms with E-state index in [2.05, 4.69) is 41.7 Å². The molecule has 0 bridgehead atoms. The summed E-state index contributed by atoms with van der Waals surface area (Å²) in [6, 6.07) is 14.3. The molecule has 1 N–H and O–H groups in total. The third-order valence-electron chi connectivity index (χ3n) is 4.05. The normalized spacial score (nSPS) is 14.3. The second-order valence-electron chi connectivity index (χ2n) is 6.11. The molecule has 126 valence electrons. The van der Waals surface area contributed by atoms with Gasteiger partial charge in [-0.05, 0) is 49.2 Å². The molecule has 0 aliphatic carbocycles. The first kappa shape index (κ1) is 18.1. The summed E-state index contributed by atoms with van der Waals surface area (Å²) in [6.45, 7) is 7.11. The predicted octanol–water partition coefficient (Wildman–Crippen LogP) is 3.82. The average molecular weight is 333 g/mol. The smallest absolute Gasteiger partial charge is 0.128 e. The Hall–Kier alpha value is -1.23. The summed E-state index contributed by atoms with van der Waals surface area (Å²) in [5.41, 5.74) is 0. The molecule has 0 radical (unpaired) electrons. The first-order chi connectivity index (χ1) is 11.2. The van der Waals surface area contributed by atoms with E-state index in [9.17, 15) is 4.21 Å². The van der Waals surface area contributed by atoms with Crippen LogP contribution in [0.5, 0.6) is 0 Å². The van der Waals surface area contributed by atoms with Gasteiger partial charge in [-0.15, -0.1) is 0 Å². The molecule has 2 aromatic carbocycles. The average Bonchev–Trinajstić information content (AvgIpc) is 2.58. The first-order valence-corrected chi connectivity index (χ1v) is 9.57. The van der Waals surface area contributed by atoms with Gasteiger partial charge in [-0.2, -0.15) is 0 Å². The van der Waals surface area contributed by atoms with E-state index in [0.717, 1.165) is 48.1 Å². The minimum atomic E-state index is -1.11. The summed E-state index contributed by atoms with van der Waals surface area (Å²) >= 11 is 0. The van der Waals surface area contributed by atoms with Gasteiger partial charge in [-0.25, -0.2) is 8.51 Å². The molecule has 0 aliphatic heterocycles. The van der Waals surface area contributed by atoms with E-state index in [-0.39, 0.29) is 0 Å². The molecule has 0 amide bonds. The highest BCUT2D eigenvalue weighted by Gasteiger charge is 2.19. The van der Waals surface area contributed by atoms with Gasteiger partial charge in [0.05, 0.1) is 4.90 Å². The molecule has 4 heteroatoms. The Labute approximate surface area is 142 Å². The zero-order valence-electron chi connectivity index (χ0n) is 14.4. The van der Waals surface area contributed by atoms with Crippen LogP contribution in [0, 0.1) is 5.92 Å². The minimum Gasteiger partial charge on any atom is -0.320 e. The molecule has 2 aromatic rings.